The van der Waals surface area contributed by atoms with Crippen molar-refractivity contribution in [3.8, 4) is 0 Å². The van der Waals surface area contributed by atoms with E-state index in [1.54, 1.807) is 0 Å². The summed E-state index contributed by atoms with van der Waals surface area (Å²) in [7, 11) is 0. The van der Waals surface area contributed by atoms with Crippen molar-refractivity contribution in [1.82, 2.24) is 10.6 Å². The Kier molecular flexibility index (Phi) is 7.29. The van der Waals surface area contributed by atoms with E-state index < -0.39 is 0 Å². The molecule has 138 valence electrons. The fraction of sp³-hybridized carbons (Fsp3) is 0.600. The van der Waals surface area contributed by atoms with Crippen LogP contribution in [0.4, 0.5) is 10.5 Å². The molecule has 25 heavy (non-hydrogen) atoms. The first-order chi connectivity index (χ1) is 12.0. The van der Waals surface area contributed by atoms with Gasteiger partial charge < -0.3 is 16.0 Å². The fourth-order valence-electron chi connectivity index (χ4n) is 2.76. The number of benzene rings is 1. The number of hydrogen-bond acceptors (Lipinski definition) is 2. The zero-order valence-electron chi connectivity index (χ0n) is 15.6. The van der Waals surface area contributed by atoms with Crippen LogP contribution in [-0.2, 0) is 4.79 Å². The molecule has 1 aromatic rings. The van der Waals surface area contributed by atoms with E-state index in [9.17, 15) is 9.59 Å². The van der Waals surface area contributed by atoms with E-state index in [0.29, 0.717) is 0 Å². The topological polar surface area (TPSA) is 70.2 Å². The molecule has 3 amide bonds. The van der Waals surface area contributed by atoms with Crippen molar-refractivity contribution in [2.24, 2.45) is 5.92 Å². The molecule has 1 fully saturated rings. The molecule has 0 spiro atoms. The number of nitrogens with one attached hydrogen (secondary N) is 3. The predicted molar refractivity (Wildman–Crippen MR) is 101 cm³/mol. The molecule has 2 unspecified atom stereocenters. The van der Waals surface area contributed by atoms with E-state index in [0.717, 1.165) is 36.9 Å². The lowest BCUT2D eigenvalue weighted by Crippen LogP contribution is -2.41. The highest BCUT2D eigenvalue weighted by atomic mass is 16.2. The number of carbonyl (C=O) groups is 2. The van der Waals surface area contributed by atoms with Gasteiger partial charge in [-0.05, 0) is 50.8 Å². The lowest BCUT2D eigenvalue weighted by atomic mass is 10.1. The maximum atomic E-state index is 12.1. The van der Waals surface area contributed by atoms with Crippen LogP contribution in [0.15, 0.2) is 24.3 Å². The van der Waals surface area contributed by atoms with E-state index in [-0.39, 0.29) is 29.9 Å². The minimum Gasteiger partial charge on any atom is -0.336 e. The summed E-state index contributed by atoms with van der Waals surface area (Å²) in [6.45, 7) is 6.17. The molecule has 2 atom stereocenters. The third kappa shape index (κ3) is 6.77. The Hall–Kier alpha value is -2.04. The second kappa shape index (κ2) is 9.44. The molecule has 2 rings (SSSR count). The van der Waals surface area contributed by atoms with Crippen LogP contribution in [0.3, 0.4) is 0 Å². The van der Waals surface area contributed by atoms with Gasteiger partial charge in [0.2, 0.25) is 5.91 Å². The Balaban J connectivity index is 1.76. The van der Waals surface area contributed by atoms with Gasteiger partial charge in [0.05, 0.1) is 6.04 Å². The average Bonchev–Trinajstić information content (AvgIpc) is 3.40. The molecular weight excluding hydrogens is 314 g/mol. The van der Waals surface area contributed by atoms with Gasteiger partial charge in [-0.2, -0.15) is 0 Å². The molecule has 5 nitrogen and oxygen atoms in total. The quantitative estimate of drug-likeness (QED) is 0.582. The van der Waals surface area contributed by atoms with E-state index in [1.165, 1.54) is 12.8 Å². The Bertz CT molecular complexity index is 567. The number of unbranched alkanes of at least 4 members (excludes halogenated alkanes) is 2. The number of carbonyl (C=O) groups excluding carboxylic acids is 2. The van der Waals surface area contributed by atoms with Crippen molar-refractivity contribution in [3.63, 3.8) is 0 Å². The van der Waals surface area contributed by atoms with Gasteiger partial charge in [0.25, 0.3) is 0 Å². The van der Waals surface area contributed by atoms with Crippen molar-refractivity contribution >= 4 is 17.6 Å². The molecule has 3 N–H and O–H groups in total. The number of amides is 3. The Morgan fingerprint density at radius 1 is 1.08 bits per heavy atom. The normalized spacial score (nSPS) is 16.0. The summed E-state index contributed by atoms with van der Waals surface area (Å²) in [5.41, 5.74) is 1.82. The summed E-state index contributed by atoms with van der Waals surface area (Å²) >= 11 is 0. The lowest BCUT2D eigenvalue weighted by Gasteiger charge is -2.19. The highest BCUT2D eigenvalue weighted by Crippen LogP contribution is 2.30. The maximum Gasteiger partial charge on any atom is 0.315 e. The zero-order chi connectivity index (χ0) is 18.2. The van der Waals surface area contributed by atoms with Crippen molar-refractivity contribution in [2.45, 2.75) is 71.4 Å². The van der Waals surface area contributed by atoms with Crippen LogP contribution < -0.4 is 16.0 Å². The standard InChI is InChI=1S/C20H31N3O2/c1-4-5-6-7-14(2)21-20(25)22-15(3)16-10-12-18(13-11-16)23-19(24)17-8-9-17/h10-15,17H,4-9H2,1-3H3,(H,23,24)(H2,21,22,25). The third-order valence-electron chi connectivity index (χ3n) is 4.59. The van der Waals surface area contributed by atoms with Crippen LogP contribution in [0.2, 0.25) is 0 Å². The summed E-state index contributed by atoms with van der Waals surface area (Å²) in [4.78, 5) is 23.8. The lowest BCUT2D eigenvalue weighted by molar-refractivity contribution is -0.117. The monoisotopic (exact) mass is 345 g/mol. The molecule has 0 saturated heterocycles. The Morgan fingerprint density at radius 3 is 2.36 bits per heavy atom. The summed E-state index contributed by atoms with van der Waals surface area (Å²) in [5, 5.41) is 8.88. The summed E-state index contributed by atoms with van der Waals surface area (Å²) in [6.07, 6.45) is 6.53. The van der Waals surface area contributed by atoms with Gasteiger partial charge in [0.1, 0.15) is 0 Å². The molecule has 5 heteroatoms. The highest BCUT2D eigenvalue weighted by Gasteiger charge is 2.29. The second-order valence-electron chi connectivity index (χ2n) is 7.12. The van der Waals surface area contributed by atoms with Crippen molar-refractivity contribution in [3.05, 3.63) is 29.8 Å². The van der Waals surface area contributed by atoms with Gasteiger partial charge in [-0.15, -0.1) is 0 Å². The van der Waals surface area contributed by atoms with Gasteiger partial charge in [-0.1, -0.05) is 38.3 Å². The molecule has 1 saturated carbocycles. The van der Waals surface area contributed by atoms with Crippen LogP contribution >= 0.6 is 0 Å². The van der Waals surface area contributed by atoms with Crippen LogP contribution in [-0.4, -0.2) is 18.0 Å². The van der Waals surface area contributed by atoms with Crippen LogP contribution in [0, 0.1) is 5.92 Å². The van der Waals surface area contributed by atoms with Crippen LogP contribution in [0.5, 0.6) is 0 Å². The van der Waals surface area contributed by atoms with Crippen LogP contribution in [0.25, 0.3) is 0 Å². The number of hydrogen-bond donors (Lipinski definition) is 3. The minimum absolute atomic E-state index is 0.0870. The van der Waals surface area contributed by atoms with Crippen LogP contribution in [0.1, 0.15) is 70.9 Å². The first-order valence-electron chi connectivity index (χ1n) is 9.47. The molecule has 1 aliphatic rings. The van der Waals surface area contributed by atoms with E-state index in [4.69, 9.17) is 0 Å². The van der Waals surface area contributed by atoms with E-state index in [1.807, 2.05) is 38.1 Å². The zero-order valence-corrected chi connectivity index (χ0v) is 15.6. The summed E-state index contributed by atoms with van der Waals surface area (Å²) in [6, 6.07) is 7.62. The van der Waals surface area contributed by atoms with Gasteiger partial charge in [0, 0.05) is 17.6 Å². The van der Waals surface area contributed by atoms with Gasteiger partial charge in [-0.25, -0.2) is 4.79 Å². The van der Waals surface area contributed by atoms with Crippen molar-refractivity contribution < 1.29 is 9.59 Å². The van der Waals surface area contributed by atoms with Gasteiger partial charge in [0.15, 0.2) is 0 Å². The SMILES string of the molecule is CCCCCC(C)NC(=O)NC(C)c1ccc(NC(=O)C2CC2)cc1. The third-order valence-corrected chi connectivity index (χ3v) is 4.59. The smallest absolute Gasteiger partial charge is 0.315 e. The highest BCUT2D eigenvalue weighted by molar-refractivity contribution is 5.94. The van der Waals surface area contributed by atoms with E-state index >= 15 is 0 Å². The predicted octanol–water partition coefficient (Wildman–Crippen LogP) is 4.36. The Labute approximate surface area is 151 Å². The number of rotatable bonds is 9. The molecule has 1 aliphatic carbocycles. The fourth-order valence-corrected chi connectivity index (χ4v) is 2.76. The summed E-state index contributed by atoms with van der Waals surface area (Å²) in [5.74, 6) is 0.304. The molecule has 0 heterocycles. The summed E-state index contributed by atoms with van der Waals surface area (Å²) < 4.78 is 0. The first kappa shape index (κ1) is 19.3. The Morgan fingerprint density at radius 2 is 1.76 bits per heavy atom. The second-order valence-corrected chi connectivity index (χ2v) is 7.12. The molecule has 0 radical (unpaired) electrons. The van der Waals surface area contributed by atoms with Gasteiger partial charge in [-0.3, -0.25) is 4.79 Å². The van der Waals surface area contributed by atoms with Crippen molar-refractivity contribution in [2.75, 3.05) is 5.32 Å². The maximum absolute atomic E-state index is 12.1. The molecule has 0 aromatic heterocycles. The average molecular weight is 345 g/mol. The molecule has 0 aliphatic heterocycles. The first-order valence-corrected chi connectivity index (χ1v) is 9.47. The molecule has 1 aromatic carbocycles. The molecule has 0 bridgehead atoms. The number of anilines is 1. The minimum atomic E-state index is -0.136. The molecular formula is C20H31N3O2. The van der Waals surface area contributed by atoms with Crippen molar-refractivity contribution in [1.29, 1.82) is 0 Å². The largest absolute Gasteiger partial charge is 0.336 e. The van der Waals surface area contributed by atoms with E-state index in [2.05, 4.69) is 22.9 Å². The number of urea groups is 1. The van der Waals surface area contributed by atoms with Gasteiger partial charge >= 0.3 is 6.03 Å².